The van der Waals surface area contributed by atoms with Crippen LogP contribution in [0, 0.1) is 0 Å². The van der Waals surface area contributed by atoms with Gasteiger partial charge in [0.15, 0.2) is 0 Å². The van der Waals surface area contributed by atoms with E-state index >= 15 is 0 Å². The predicted molar refractivity (Wildman–Crippen MR) is 93.0 cm³/mol. The average molecular weight is 325 g/mol. The highest BCUT2D eigenvalue weighted by Gasteiger charge is 2.28. The number of ether oxygens (including phenoxy) is 1. The molecule has 24 heavy (non-hydrogen) atoms. The number of hydrogen-bond acceptors (Lipinski definition) is 3. The molecule has 4 heteroatoms. The summed E-state index contributed by atoms with van der Waals surface area (Å²) in [5, 5.41) is 9.69. The summed E-state index contributed by atoms with van der Waals surface area (Å²) in [4.78, 5) is 14.5. The maximum atomic E-state index is 12.6. The lowest BCUT2D eigenvalue weighted by Crippen LogP contribution is -2.46. The lowest BCUT2D eigenvalue weighted by molar-refractivity contribution is 0.0365. The first kappa shape index (κ1) is 16.5. The van der Waals surface area contributed by atoms with E-state index in [4.69, 9.17) is 4.74 Å². The van der Waals surface area contributed by atoms with Crippen LogP contribution in [0.3, 0.4) is 0 Å². The molecule has 0 radical (unpaired) electrons. The van der Waals surface area contributed by atoms with E-state index in [1.165, 1.54) is 0 Å². The third-order valence-electron chi connectivity index (χ3n) is 4.46. The Morgan fingerprint density at radius 3 is 2.54 bits per heavy atom. The molecular formula is C20H23NO3. The van der Waals surface area contributed by atoms with Gasteiger partial charge in [0.1, 0.15) is 12.4 Å². The minimum Gasteiger partial charge on any atom is -0.489 e. The summed E-state index contributed by atoms with van der Waals surface area (Å²) in [5.74, 6) is 0.864. The van der Waals surface area contributed by atoms with Gasteiger partial charge in [-0.2, -0.15) is 0 Å². The van der Waals surface area contributed by atoms with Crippen molar-refractivity contribution in [3.63, 3.8) is 0 Å². The Kier molecular flexibility index (Phi) is 5.16. The van der Waals surface area contributed by atoms with Crippen LogP contribution in [0.1, 0.15) is 35.7 Å². The molecule has 0 aliphatic carbocycles. The largest absolute Gasteiger partial charge is 0.489 e. The number of benzene rings is 2. The van der Waals surface area contributed by atoms with Gasteiger partial charge in [0, 0.05) is 18.2 Å². The Balaban J connectivity index is 1.60. The third kappa shape index (κ3) is 3.95. The molecule has 1 fully saturated rings. The van der Waals surface area contributed by atoms with Gasteiger partial charge >= 0.3 is 0 Å². The van der Waals surface area contributed by atoms with Crippen LogP contribution in [0.4, 0.5) is 0 Å². The van der Waals surface area contributed by atoms with E-state index in [1.54, 1.807) is 0 Å². The molecule has 2 atom stereocenters. The number of likely N-dealkylation sites (tertiary alicyclic amines) is 1. The Morgan fingerprint density at radius 1 is 1.17 bits per heavy atom. The molecule has 126 valence electrons. The van der Waals surface area contributed by atoms with Crippen molar-refractivity contribution < 1.29 is 14.6 Å². The number of carbonyl (C=O) groups excluding carboxylic acids is 1. The lowest BCUT2D eigenvalue weighted by Gasteiger charge is -2.36. The molecule has 4 nitrogen and oxygen atoms in total. The molecule has 2 aromatic rings. The molecule has 3 rings (SSSR count). The minimum atomic E-state index is -0.290. The molecule has 2 aromatic carbocycles. The van der Waals surface area contributed by atoms with Crippen molar-refractivity contribution in [3.05, 3.63) is 65.7 Å². The van der Waals surface area contributed by atoms with Gasteiger partial charge in [-0.25, -0.2) is 0 Å². The Labute approximate surface area is 142 Å². The number of amides is 1. The van der Waals surface area contributed by atoms with Crippen molar-refractivity contribution in [1.29, 1.82) is 0 Å². The average Bonchev–Trinajstić information content (AvgIpc) is 2.61. The molecule has 1 aliphatic heterocycles. The highest BCUT2D eigenvalue weighted by Crippen LogP contribution is 2.20. The van der Waals surface area contributed by atoms with E-state index in [9.17, 15) is 9.90 Å². The summed E-state index contributed by atoms with van der Waals surface area (Å²) in [6.45, 7) is 3.08. The van der Waals surface area contributed by atoms with Gasteiger partial charge in [0.2, 0.25) is 0 Å². The Bertz CT molecular complexity index is 669. The van der Waals surface area contributed by atoms with Gasteiger partial charge in [-0.1, -0.05) is 30.3 Å². The van der Waals surface area contributed by atoms with E-state index in [0.717, 1.165) is 11.3 Å². The van der Waals surface area contributed by atoms with Crippen molar-refractivity contribution in [2.24, 2.45) is 0 Å². The zero-order valence-corrected chi connectivity index (χ0v) is 13.9. The fraction of sp³-hybridized carbons (Fsp3) is 0.350. The van der Waals surface area contributed by atoms with Crippen LogP contribution in [-0.4, -0.2) is 34.6 Å². The summed E-state index contributed by atoms with van der Waals surface area (Å²) < 4.78 is 5.71. The SMILES string of the molecule is C[C@H]1C[C@H](O)CCN1C(=O)c1ccc(COc2ccccc2)cc1. The van der Waals surface area contributed by atoms with Crippen molar-refractivity contribution in [3.8, 4) is 5.75 Å². The van der Waals surface area contributed by atoms with Crippen molar-refractivity contribution in [1.82, 2.24) is 4.90 Å². The van der Waals surface area contributed by atoms with Crippen LogP contribution in [-0.2, 0) is 6.61 Å². The van der Waals surface area contributed by atoms with Crippen LogP contribution in [0.5, 0.6) is 5.75 Å². The number of hydrogen-bond donors (Lipinski definition) is 1. The van der Waals surface area contributed by atoms with E-state index in [1.807, 2.05) is 66.4 Å². The number of rotatable bonds is 4. The molecule has 1 amide bonds. The number of nitrogens with zero attached hydrogens (tertiary/aromatic N) is 1. The molecule has 0 spiro atoms. The summed E-state index contributed by atoms with van der Waals surface area (Å²) in [5.41, 5.74) is 1.71. The second kappa shape index (κ2) is 7.49. The Hall–Kier alpha value is -2.33. The zero-order chi connectivity index (χ0) is 16.9. The van der Waals surface area contributed by atoms with Gasteiger partial charge in [-0.05, 0) is 49.6 Å². The van der Waals surface area contributed by atoms with Gasteiger partial charge in [0.05, 0.1) is 6.10 Å². The van der Waals surface area contributed by atoms with Gasteiger partial charge < -0.3 is 14.7 Å². The number of para-hydroxylation sites is 1. The Morgan fingerprint density at radius 2 is 1.88 bits per heavy atom. The molecular weight excluding hydrogens is 302 g/mol. The summed E-state index contributed by atoms with van der Waals surface area (Å²) in [6, 6.07) is 17.3. The van der Waals surface area contributed by atoms with Crippen LogP contribution in [0.25, 0.3) is 0 Å². The second-order valence-electron chi connectivity index (χ2n) is 6.32. The van der Waals surface area contributed by atoms with Crippen molar-refractivity contribution in [2.45, 2.75) is 38.5 Å². The highest BCUT2D eigenvalue weighted by atomic mass is 16.5. The zero-order valence-electron chi connectivity index (χ0n) is 13.9. The van der Waals surface area contributed by atoms with Crippen LogP contribution >= 0.6 is 0 Å². The van der Waals surface area contributed by atoms with E-state index in [-0.39, 0.29) is 18.1 Å². The predicted octanol–water partition coefficient (Wildman–Crippen LogP) is 3.25. The maximum Gasteiger partial charge on any atom is 0.254 e. The lowest BCUT2D eigenvalue weighted by atomic mass is 9.99. The quantitative estimate of drug-likeness (QED) is 0.939. The van der Waals surface area contributed by atoms with Gasteiger partial charge in [-0.3, -0.25) is 4.79 Å². The van der Waals surface area contributed by atoms with E-state index < -0.39 is 0 Å². The monoisotopic (exact) mass is 325 g/mol. The minimum absolute atomic E-state index is 0.0323. The van der Waals surface area contributed by atoms with Gasteiger partial charge in [-0.15, -0.1) is 0 Å². The number of aliphatic hydroxyl groups excluding tert-OH is 1. The highest BCUT2D eigenvalue weighted by molar-refractivity contribution is 5.94. The van der Waals surface area contributed by atoms with Crippen molar-refractivity contribution in [2.75, 3.05) is 6.54 Å². The second-order valence-corrected chi connectivity index (χ2v) is 6.32. The van der Waals surface area contributed by atoms with E-state index in [2.05, 4.69) is 0 Å². The van der Waals surface area contributed by atoms with Crippen LogP contribution in [0.2, 0.25) is 0 Å². The fourth-order valence-corrected chi connectivity index (χ4v) is 3.04. The normalized spacial score (nSPS) is 20.7. The first-order valence-corrected chi connectivity index (χ1v) is 8.39. The maximum absolute atomic E-state index is 12.6. The van der Waals surface area contributed by atoms with Crippen molar-refractivity contribution >= 4 is 5.91 Å². The smallest absolute Gasteiger partial charge is 0.254 e. The topological polar surface area (TPSA) is 49.8 Å². The first-order chi connectivity index (χ1) is 11.6. The number of aliphatic hydroxyl groups is 1. The van der Waals surface area contributed by atoms with Crippen LogP contribution < -0.4 is 4.74 Å². The molecule has 1 aliphatic rings. The van der Waals surface area contributed by atoms with E-state index in [0.29, 0.717) is 31.6 Å². The molecule has 0 saturated carbocycles. The van der Waals surface area contributed by atoms with Crippen LogP contribution in [0.15, 0.2) is 54.6 Å². The number of piperidine rings is 1. The third-order valence-corrected chi connectivity index (χ3v) is 4.46. The number of carbonyl (C=O) groups is 1. The molecule has 0 bridgehead atoms. The fourth-order valence-electron chi connectivity index (χ4n) is 3.04. The molecule has 1 N–H and O–H groups in total. The van der Waals surface area contributed by atoms with Gasteiger partial charge in [0.25, 0.3) is 5.91 Å². The molecule has 0 aromatic heterocycles. The standard InChI is InChI=1S/C20H23NO3/c1-15-13-18(22)11-12-21(15)20(23)17-9-7-16(8-10-17)14-24-19-5-3-2-4-6-19/h2-10,15,18,22H,11-14H2,1H3/t15-,18+/m0/s1. The molecule has 1 heterocycles. The molecule has 1 saturated heterocycles. The summed E-state index contributed by atoms with van der Waals surface area (Å²) in [7, 11) is 0. The molecule has 0 unspecified atom stereocenters. The summed E-state index contributed by atoms with van der Waals surface area (Å²) >= 11 is 0. The first-order valence-electron chi connectivity index (χ1n) is 8.39. The summed E-state index contributed by atoms with van der Waals surface area (Å²) in [6.07, 6.45) is 1.01.